The van der Waals surface area contributed by atoms with E-state index in [0.29, 0.717) is 34.5 Å². The third-order valence-electron chi connectivity index (χ3n) is 3.80. The van der Waals surface area contributed by atoms with Crippen molar-refractivity contribution in [2.45, 2.75) is 13.3 Å². The SMILES string of the molecule is CCCONC(=COc1cccc(C(=O)O)c1)c1cc(-c2ccc(Cl)cc2)no1. The zero-order valence-electron chi connectivity index (χ0n) is 15.6. The van der Waals surface area contributed by atoms with E-state index < -0.39 is 5.97 Å². The molecule has 3 aromatic rings. The molecule has 29 heavy (non-hydrogen) atoms. The van der Waals surface area contributed by atoms with Gasteiger partial charge in [0.25, 0.3) is 0 Å². The van der Waals surface area contributed by atoms with Gasteiger partial charge in [0.05, 0.1) is 12.2 Å². The lowest BCUT2D eigenvalue weighted by Gasteiger charge is -2.08. The summed E-state index contributed by atoms with van der Waals surface area (Å²) in [6.45, 7) is 2.45. The zero-order chi connectivity index (χ0) is 20.6. The first-order valence-corrected chi connectivity index (χ1v) is 9.25. The molecule has 0 atom stereocenters. The maximum Gasteiger partial charge on any atom is 0.335 e. The molecule has 0 saturated heterocycles. The van der Waals surface area contributed by atoms with Crippen molar-refractivity contribution >= 4 is 23.3 Å². The number of hydrogen-bond acceptors (Lipinski definition) is 6. The van der Waals surface area contributed by atoms with Crippen molar-refractivity contribution in [1.82, 2.24) is 10.6 Å². The highest BCUT2D eigenvalue weighted by molar-refractivity contribution is 6.30. The van der Waals surface area contributed by atoms with Crippen LogP contribution in [-0.4, -0.2) is 22.8 Å². The number of carbonyl (C=O) groups is 1. The van der Waals surface area contributed by atoms with Gasteiger partial charge in [-0.15, -0.1) is 0 Å². The summed E-state index contributed by atoms with van der Waals surface area (Å²) in [7, 11) is 0. The molecule has 0 saturated carbocycles. The largest absolute Gasteiger partial charge is 0.478 e. The van der Waals surface area contributed by atoms with Crippen LogP contribution in [0.5, 0.6) is 5.75 Å². The van der Waals surface area contributed by atoms with Crippen molar-refractivity contribution in [3.05, 3.63) is 77.2 Å². The van der Waals surface area contributed by atoms with E-state index in [4.69, 9.17) is 30.8 Å². The number of carboxylic acids is 1. The van der Waals surface area contributed by atoms with Crippen molar-refractivity contribution in [3.63, 3.8) is 0 Å². The Hall–Kier alpha value is -3.29. The van der Waals surface area contributed by atoms with Crippen LogP contribution in [0.3, 0.4) is 0 Å². The number of carboxylic acid groups (broad SMARTS) is 1. The second kappa shape index (κ2) is 9.77. The molecule has 0 radical (unpaired) electrons. The highest BCUT2D eigenvalue weighted by Gasteiger charge is 2.13. The van der Waals surface area contributed by atoms with Gasteiger partial charge in [0.2, 0.25) is 0 Å². The molecule has 8 heteroatoms. The standard InChI is InChI=1S/C21H19ClN2O5/c1-2-10-28-23-19(13-27-17-5-3-4-15(11-17)21(25)26)20-12-18(24-29-20)14-6-8-16(22)9-7-14/h3-9,11-13,23H,2,10H2,1H3,(H,25,26). The molecule has 2 aromatic carbocycles. The minimum absolute atomic E-state index is 0.123. The molecule has 0 aliphatic carbocycles. The first-order valence-electron chi connectivity index (χ1n) is 8.88. The maximum absolute atomic E-state index is 11.1. The van der Waals surface area contributed by atoms with Gasteiger partial charge in [0.1, 0.15) is 23.4 Å². The van der Waals surface area contributed by atoms with Crippen molar-refractivity contribution < 1.29 is 24.0 Å². The molecule has 0 unspecified atom stereocenters. The fraction of sp³-hybridized carbons (Fsp3) is 0.143. The van der Waals surface area contributed by atoms with Crippen molar-refractivity contribution in [1.29, 1.82) is 0 Å². The van der Waals surface area contributed by atoms with Crippen LogP contribution in [0.15, 0.2) is 65.4 Å². The number of nitrogens with one attached hydrogen (secondary N) is 1. The third-order valence-corrected chi connectivity index (χ3v) is 4.05. The minimum Gasteiger partial charge on any atom is -0.478 e. The number of benzene rings is 2. The topological polar surface area (TPSA) is 93.8 Å². The van der Waals surface area contributed by atoms with Gasteiger partial charge in [0, 0.05) is 16.7 Å². The monoisotopic (exact) mass is 414 g/mol. The Balaban J connectivity index is 1.83. The van der Waals surface area contributed by atoms with Gasteiger partial charge in [-0.3, -0.25) is 10.3 Å². The van der Waals surface area contributed by atoms with E-state index in [1.54, 1.807) is 30.3 Å². The molecule has 0 fully saturated rings. The number of aromatic carboxylic acids is 1. The van der Waals surface area contributed by atoms with Crippen LogP contribution in [0, 0.1) is 0 Å². The summed E-state index contributed by atoms with van der Waals surface area (Å²) in [5, 5.41) is 13.8. The van der Waals surface area contributed by atoms with Crippen LogP contribution < -0.4 is 10.2 Å². The fourth-order valence-electron chi connectivity index (χ4n) is 2.35. The molecule has 7 nitrogen and oxygen atoms in total. The molecule has 0 amide bonds. The van der Waals surface area contributed by atoms with Crippen molar-refractivity contribution in [2.24, 2.45) is 0 Å². The van der Waals surface area contributed by atoms with Gasteiger partial charge in [-0.1, -0.05) is 41.9 Å². The molecule has 0 bridgehead atoms. The zero-order valence-corrected chi connectivity index (χ0v) is 16.3. The summed E-state index contributed by atoms with van der Waals surface area (Å²) >= 11 is 5.92. The number of hydrogen-bond donors (Lipinski definition) is 2. The Bertz CT molecular complexity index is 998. The lowest BCUT2D eigenvalue weighted by atomic mass is 10.1. The number of aromatic nitrogens is 1. The quantitative estimate of drug-likeness (QED) is 0.289. The van der Waals surface area contributed by atoms with E-state index in [-0.39, 0.29) is 5.56 Å². The van der Waals surface area contributed by atoms with Crippen molar-refractivity contribution in [3.8, 4) is 17.0 Å². The summed E-state index contributed by atoms with van der Waals surface area (Å²) in [5.41, 5.74) is 4.76. The molecular formula is C21H19ClN2O5. The maximum atomic E-state index is 11.1. The van der Waals surface area contributed by atoms with Crippen LogP contribution in [0.25, 0.3) is 17.0 Å². The van der Waals surface area contributed by atoms with Gasteiger partial charge in [-0.2, -0.15) is 0 Å². The van der Waals surface area contributed by atoms with Gasteiger partial charge < -0.3 is 14.4 Å². The van der Waals surface area contributed by atoms with Crippen LogP contribution in [0.4, 0.5) is 0 Å². The summed E-state index contributed by atoms with van der Waals surface area (Å²) in [6, 6.07) is 15.1. The second-order valence-corrected chi connectivity index (χ2v) is 6.45. The number of halogens is 1. The normalized spacial score (nSPS) is 11.3. The van der Waals surface area contributed by atoms with E-state index in [1.165, 1.54) is 18.4 Å². The molecule has 0 aliphatic rings. The fourth-order valence-corrected chi connectivity index (χ4v) is 2.48. The Morgan fingerprint density at radius 2 is 2.03 bits per heavy atom. The van der Waals surface area contributed by atoms with Crippen molar-refractivity contribution in [2.75, 3.05) is 6.61 Å². The molecule has 1 heterocycles. The van der Waals surface area contributed by atoms with Crippen LogP contribution in [0.1, 0.15) is 29.5 Å². The molecule has 150 valence electrons. The highest BCUT2D eigenvalue weighted by Crippen LogP contribution is 2.24. The van der Waals surface area contributed by atoms with E-state index in [2.05, 4.69) is 10.6 Å². The molecule has 1 aromatic heterocycles. The molecule has 0 spiro atoms. The highest BCUT2D eigenvalue weighted by atomic mass is 35.5. The third kappa shape index (κ3) is 5.60. The number of ether oxygens (including phenoxy) is 1. The number of hydroxylamine groups is 1. The Morgan fingerprint density at radius 3 is 2.76 bits per heavy atom. The second-order valence-electron chi connectivity index (χ2n) is 6.02. The van der Waals surface area contributed by atoms with Gasteiger partial charge in [0.15, 0.2) is 5.76 Å². The summed E-state index contributed by atoms with van der Waals surface area (Å²) < 4.78 is 11.0. The molecule has 3 rings (SSSR count). The molecule has 2 N–H and O–H groups in total. The predicted molar refractivity (Wildman–Crippen MR) is 108 cm³/mol. The summed E-state index contributed by atoms with van der Waals surface area (Å²) in [5.74, 6) is -0.288. The Morgan fingerprint density at radius 1 is 1.24 bits per heavy atom. The van der Waals surface area contributed by atoms with Crippen LogP contribution >= 0.6 is 11.6 Å². The average molecular weight is 415 g/mol. The molecule has 0 aliphatic heterocycles. The van der Waals surface area contributed by atoms with E-state index in [0.717, 1.165) is 12.0 Å². The van der Waals surface area contributed by atoms with E-state index in [9.17, 15) is 4.79 Å². The average Bonchev–Trinajstić information content (AvgIpc) is 3.21. The van der Waals surface area contributed by atoms with E-state index in [1.807, 2.05) is 19.1 Å². The van der Waals surface area contributed by atoms with Crippen LogP contribution in [0.2, 0.25) is 5.02 Å². The van der Waals surface area contributed by atoms with Crippen LogP contribution in [-0.2, 0) is 4.84 Å². The minimum atomic E-state index is -1.04. The van der Waals surface area contributed by atoms with Gasteiger partial charge in [-0.25, -0.2) is 4.79 Å². The summed E-state index contributed by atoms with van der Waals surface area (Å²) in [6.07, 6.45) is 2.19. The lowest BCUT2D eigenvalue weighted by Crippen LogP contribution is -2.14. The lowest BCUT2D eigenvalue weighted by molar-refractivity contribution is 0.0696. The van der Waals surface area contributed by atoms with Gasteiger partial charge >= 0.3 is 5.97 Å². The number of nitrogens with zero attached hydrogens (tertiary/aromatic N) is 1. The smallest absolute Gasteiger partial charge is 0.335 e. The predicted octanol–water partition coefficient (Wildman–Crippen LogP) is 5.00. The first-order chi connectivity index (χ1) is 14.1. The Kier molecular flexibility index (Phi) is 6.89. The Labute approximate surface area is 172 Å². The van der Waals surface area contributed by atoms with Gasteiger partial charge in [-0.05, 0) is 36.8 Å². The first kappa shape index (κ1) is 20.4. The number of rotatable bonds is 9. The van der Waals surface area contributed by atoms with E-state index >= 15 is 0 Å². The molecular weight excluding hydrogens is 396 g/mol. The summed E-state index contributed by atoms with van der Waals surface area (Å²) in [4.78, 5) is 16.5.